The van der Waals surface area contributed by atoms with Crippen molar-refractivity contribution in [3.63, 3.8) is 0 Å². The van der Waals surface area contributed by atoms with Crippen LogP contribution in [0.2, 0.25) is 0 Å². The molecule has 1 unspecified atom stereocenters. The first-order valence-electron chi connectivity index (χ1n) is 5.81. The summed E-state index contributed by atoms with van der Waals surface area (Å²) in [5.41, 5.74) is 7.79. The molecule has 18 heavy (non-hydrogen) atoms. The van der Waals surface area contributed by atoms with E-state index >= 15 is 0 Å². The number of benzene rings is 1. The third-order valence-corrected chi connectivity index (χ3v) is 3.35. The number of carbonyl (C=O) groups is 2. The molecular weight excluding hydrogens is 230 g/mol. The third-order valence-electron chi connectivity index (χ3n) is 3.35. The van der Waals surface area contributed by atoms with Gasteiger partial charge in [0.25, 0.3) is 5.91 Å². The summed E-state index contributed by atoms with van der Waals surface area (Å²) in [6.45, 7) is 0.473. The molecule has 2 aliphatic heterocycles. The maximum Gasteiger partial charge on any atom is 0.255 e. The minimum absolute atomic E-state index is 0.118. The zero-order valence-electron chi connectivity index (χ0n) is 9.72. The average molecular weight is 243 g/mol. The molecule has 2 amide bonds. The Balaban J connectivity index is 1.92. The maximum atomic E-state index is 12.3. The van der Waals surface area contributed by atoms with Crippen LogP contribution in [0, 0.1) is 0 Å². The smallest absolute Gasteiger partial charge is 0.255 e. The van der Waals surface area contributed by atoms with Crippen molar-refractivity contribution in [3.8, 4) is 0 Å². The van der Waals surface area contributed by atoms with Crippen LogP contribution >= 0.6 is 0 Å². The van der Waals surface area contributed by atoms with E-state index in [-0.39, 0.29) is 11.8 Å². The summed E-state index contributed by atoms with van der Waals surface area (Å²) in [7, 11) is 0. The van der Waals surface area contributed by atoms with Gasteiger partial charge in [0, 0.05) is 17.8 Å². The quantitative estimate of drug-likeness (QED) is 0.710. The maximum absolute atomic E-state index is 12.3. The molecule has 0 fully saturated rings. The van der Waals surface area contributed by atoms with E-state index in [1.165, 1.54) is 0 Å². The van der Waals surface area contributed by atoms with Crippen LogP contribution in [0.4, 0.5) is 5.69 Å². The third kappa shape index (κ3) is 1.55. The van der Waals surface area contributed by atoms with Gasteiger partial charge in [-0.05, 0) is 30.3 Å². The van der Waals surface area contributed by atoms with Gasteiger partial charge >= 0.3 is 0 Å². The Labute approximate surface area is 104 Å². The van der Waals surface area contributed by atoms with E-state index in [1.54, 1.807) is 23.2 Å². The van der Waals surface area contributed by atoms with Gasteiger partial charge in [-0.15, -0.1) is 0 Å². The largest absolute Gasteiger partial charge is 0.399 e. The number of hydrogen-bond donors (Lipinski definition) is 2. The highest BCUT2D eigenvalue weighted by molar-refractivity contribution is 6.02. The fourth-order valence-corrected chi connectivity index (χ4v) is 2.40. The highest BCUT2D eigenvalue weighted by Crippen LogP contribution is 2.27. The predicted molar refractivity (Wildman–Crippen MR) is 66.4 cm³/mol. The van der Waals surface area contributed by atoms with Crippen LogP contribution in [-0.2, 0) is 11.3 Å². The molecule has 1 atom stereocenters. The number of nitrogens with zero attached hydrogens (tertiary/aromatic N) is 1. The fourth-order valence-electron chi connectivity index (χ4n) is 2.40. The average Bonchev–Trinajstić information content (AvgIpc) is 2.68. The molecule has 0 aromatic heterocycles. The lowest BCUT2D eigenvalue weighted by Gasteiger charge is -2.27. The summed E-state index contributed by atoms with van der Waals surface area (Å²) >= 11 is 0. The van der Waals surface area contributed by atoms with Crippen LogP contribution in [0.3, 0.4) is 0 Å². The lowest BCUT2D eigenvalue weighted by molar-refractivity contribution is -0.125. The monoisotopic (exact) mass is 243 g/mol. The van der Waals surface area contributed by atoms with E-state index in [1.807, 2.05) is 12.1 Å². The van der Waals surface area contributed by atoms with Crippen molar-refractivity contribution in [1.29, 1.82) is 0 Å². The van der Waals surface area contributed by atoms with E-state index in [4.69, 9.17) is 5.73 Å². The molecule has 2 aliphatic rings. The Morgan fingerprint density at radius 1 is 1.33 bits per heavy atom. The van der Waals surface area contributed by atoms with Crippen LogP contribution in [0.1, 0.15) is 22.3 Å². The molecular formula is C13H13N3O2. The molecule has 0 radical (unpaired) electrons. The Kier molecular flexibility index (Phi) is 2.33. The van der Waals surface area contributed by atoms with Crippen LogP contribution in [0.5, 0.6) is 0 Å². The van der Waals surface area contributed by atoms with Gasteiger partial charge in [-0.3, -0.25) is 9.59 Å². The number of fused-ring (bicyclic) bond motifs is 1. The molecule has 0 aliphatic carbocycles. The minimum Gasteiger partial charge on any atom is -0.399 e. The fraction of sp³-hybridized carbons (Fsp3) is 0.231. The Morgan fingerprint density at radius 3 is 2.94 bits per heavy atom. The Morgan fingerprint density at radius 2 is 2.17 bits per heavy atom. The molecule has 1 aromatic carbocycles. The predicted octanol–water partition coefficient (Wildman–Crippen LogP) is 0.627. The molecule has 5 nitrogen and oxygen atoms in total. The van der Waals surface area contributed by atoms with Gasteiger partial charge in [0.15, 0.2) is 0 Å². The van der Waals surface area contributed by atoms with Crippen LogP contribution in [0.15, 0.2) is 30.5 Å². The molecule has 0 bridgehead atoms. The zero-order chi connectivity index (χ0) is 12.7. The topological polar surface area (TPSA) is 75.4 Å². The Hall–Kier alpha value is -2.30. The number of nitrogens with two attached hydrogens (primary N) is 1. The highest BCUT2D eigenvalue weighted by atomic mass is 16.2. The van der Waals surface area contributed by atoms with E-state index in [0.717, 1.165) is 5.56 Å². The van der Waals surface area contributed by atoms with E-state index in [0.29, 0.717) is 24.2 Å². The van der Waals surface area contributed by atoms with E-state index in [2.05, 4.69) is 5.32 Å². The van der Waals surface area contributed by atoms with Crippen molar-refractivity contribution in [3.05, 3.63) is 41.6 Å². The van der Waals surface area contributed by atoms with Crippen molar-refractivity contribution in [2.45, 2.75) is 19.0 Å². The first kappa shape index (κ1) is 10.8. The van der Waals surface area contributed by atoms with Gasteiger partial charge in [0.1, 0.15) is 6.04 Å². The first-order valence-corrected chi connectivity index (χ1v) is 5.81. The van der Waals surface area contributed by atoms with Crippen molar-refractivity contribution < 1.29 is 9.59 Å². The first-order chi connectivity index (χ1) is 8.66. The summed E-state index contributed by atoms with van der Waals surface area (Å²) in [5, 5.41) is 2.63. The van der Waals surface area contributed by atoms with Gasteiger partial charge in [0.2, 0.25) is 5.91 Å². The van der Waals surface area contributed by atoms with Crippen molar-refractivity contribution in [2.75, 3.05) is 5.73 Å². The number of nitrogens with one attached hydrogen (secondary N) is 1. The van der Waals surface area contributed by atoms with Gasteiger partial charge in [0.05, 0.1) is 0 Å². The minimum atomic E-state index is -0.420. The lowest BCUT2D eigenvalue weighted by Crippen LogP contribution is -2.47. The SMILES string of the molecule is Nc1ccc2c(c1)C(=O)N(C1CC=CNC1=O)C2. The molecule has 3 rings (SSSR count). The highest BCUT2D eigenvalue weighted by Gasteiger charge is 2.36. The molecule has 5 heteroatoms. The zero-order valence-corrected chi connectivity index (χ0v) is 9.72. The van der Waals surface area contributed by atoms with Crippen LogP contribution < -0.4 is 11.1 Å². The van der Waals surface area contributed by atoms with Gasteiger partial charge in [-0.1, -0.05) is 12.1 Å². The van der Waals surface area contributed by atoms with Crippen LogP contribution in [0.25, 0.3) is 0 Å². The number of anilines is 1. The van der Waals surface area contributed by atoms with E-state index in [9.17, 15) is 9.59 Å². The number of rotatable bonds is 1. The molecule has 3 N–H and O–H groups in total. The second-order valence-electron chi connectivity index (χ2n) is 4.51. The van der Waals surface area contributed by atoms with E-state index < -0.39 is 6.04 Å². The van der Waals surface area contributed by atoms with Crippen LogP contribution in [-0.4, -0.2) is 22.8 Å². The summed E-state index contributed by atoms with van der Waals surface area (Å²) in [4.78, 5) is 25.6. The van der Waals surface area contributed by atoms with Crippen molar-refractivity contribution >= 4 is 17.5 Å². The molecule has 1 aromatic rings. The molecule has 0 saturated heterocycles. The van der Waals surface area contributed by atoms with Crippen molar-refractivity contribution in [2.24, 2.45) is 0 Å². The lowest BCUT2D eigenvalue weighted by atomic mass is 10.1. The number of hydrogen-bond acceptors (Lipinski definition) is 3. The second kappa shape index (κ2) is 3.87. The normalized spacial score (nSPS) is 22.0. The van der Waals surface area contributed by atoms with Gasteiger partial charge < -0.3 is 16.0 Å². The molecule has 92 valence electrons. The summed E-state index contributed by atoms with van der Waals surface area (Å²) < 4.78 is 0. The summed E-state index contributed by atoms with van der Waals surface area (Å²) in [6.07, 6.45) is 4.03. The van der Waals surface area contributed by atoms with Crippen molar-refractivity contribution in [1.82, 2.24) is 10.2 Å². The number of carbonyl (C=O) groups excluding carboxylic acids is 2. The summed E-state index contributed by atoms with van der Waals surface area (Å²) in [5.74, 6) is -0.251. The molecule has 2 heterocycles. The second-order valence-corrected chi connectivity index (χ2v) is 4.51. The molecule has 0 spiro atoms. The standard InChI is InChI=1S/C13H13N3O2/c14-9-4-3-8-7-16(13(18)10(8)6-9)11-2-1-5-15-12(11)17/h1,3-6,11H,2,7,14H2,(H,15,17). The number of amides is 2. The van der Waals surface area contributed by atoms with Gasteiger partial charge in [-0.2, -0.15) is 0 Å². The van der Waals surface area contributed by atoms with Gasteiger partial charge in [-0.25, -0.2) is 0 Å². The Bertz CT molecular complexity index is 565. The molecule has 0 saturated carbocycles. The number of nitrogen functional groups attached to an aromatic ring is 1. The summed E-state index contributed by atoms with van der Waals surface area (Å²) in [6, 6.07) is 4.88.